The van der Waals surface area contributed by atoms with E-state index in [0.29, 0.717) is 20.9 Å². The number of rotatable bonds is 4. The average molecular weight is 332 g/mol. The number of aromatic nitrogens is 3. The van der Waals surface area contributed by atoms with Gasteiger partial charge in [-0.05, 0) is 19.1 Å². The number of anilines is 2. The van der Waals surface area contributed by atoms with E-state index in [2.05, 4.69) is 20.5 Å². The minimum Gasteiger partial charge on any atom is -0.368 e. The Morgan fingerprint density at radius 3 is 2.90 bits per heavy atom. The largest absolute Gasteiger partial charge is 0.368 e. The molecule has 0 aliphatic rings. The molecule has 1 aromatic heterocycles. The van der Waals surface area contributed by atoms with Crippen LogP contribution >= 0.6 is 35.0 Å². The minimum atomic E-state index is -0.416. The van der Waals surface area contributed by atoms with Gasteiger partial charge in [0.05, 0.1) is 21.0 Å². The molecule has 1 heterocycles. The Morgan fingerprint density at radius 1 is 1.50 bits per heavy atom. The number of halogens is 2. The van der Waals surface area contributed by atoms with Gasteiger partial charge in [-0.15, -0.1) is 5.10 Å². The van der Waals surface area contributed by atoms with Crippen LogP contribution in [0.1, 0.15) is 6.92 Å². The van der Waals surface area contributed by atoms with Crippen LogP contribution in [-0.2, 0) is 4.79 Å². The van der Waals surface area contributed by atoms with Gasteiger partial charge in [-0.25, -0.2) is 5.10 Å². The zero-order valence-electron chi connectivity index (χ0n) is 10.4. The number of hydrogen-bond acceptors (Lipinski definition) is 5. The van der Waals surface area contributed by atoms with Gasteiger partial charge in [-0.1, -0.05) is 41.0 Å². The van der Waals surface area contributed by atoms with Gasteiger partial charge >= 0.3 is 0 Å². The molecule has 0 aliphatic carbocycles. The highest BCUT2D eigenvalue weighted by molar-refractivity contribution is 8.00. The number of carbonyl (C=O) groups is 1. The summed E-state index contributed by atoms with van der Waals surface area (Å²) in [6.07, 6.45) is 0. The summed E-state index contributed by atoms with van der Waals surface area (Å²) >= 11 is 13.1. The molecule has 0 radical (unpaired) electrons. The fourth-order valence-corrected chi connectivity index (χ4v) is 2.44. The van der Waals surface area contributed by atoms with Crippen LogP contribution in [0, 0.1) is 0 Å². The van der Waals surface area contributed by atoms with Crippen molar-refractivity contribution in [2.24, 2.45) is 0 Å². The number of amides is 1. The summed E-state index contributed by atoms with van der Waals surface area (Å²) in [4.78, 5) is 16.0. The Hall–Kier alpha value is -1.44. The molecule has 0 fully saturated rings. The molecule has 1 amide bonds. The molecule has 6 nitrogen and oxygen atoms in total. The lowest BCUT2D eigenvalue weighted by Crippen LogP contribution is -2.22. The van der Waals surface area contributed by atoms with E-state index in [4.69, 9.17) is 28.9 Å². The number of nitrogens with zero attached hydrogens (tertiary/aromatic N) is 2. The summed E-state index contributed by atoms with van der Waals surface area (Å²) < 4.78 is 0. The van der Waals surface area contributed by atoms with E-state index < -0.39 is 5.25 Å². The van der Waals surface area contributed by atoms with Crippen LogP contribution in [0.3, 0.4) is 0 Å². The number of nitrogen functional groups attached to an aromatic ring is 1. The molecule has 2 rings (SSSR count). The molecule has 20 heavy (non-hydrogen) atoms. The Morgan fingerprint density at radius 2 is 2.25 bits per heavy atom. The van der Waals surface area contributed by atoms with Gasteiger partial charge in [0.2, 0.25) is 17.0 Å². The SMILES string of the molecule is C[C@H](Sc1n[nH]c(N)n1)C(=O)Nc1cccc(Cl)c1Cl. The first-order valence-electron chi connectivity index (χ1n) is 5.57. The number of benzene rings is 1. The summed E-state index contributed by atoms with van der Waals surface area (Å²) in [6.45, 7) is 1.73. The number of thioether (sulfide) groups is 1. The lowest BCUT2D eigenvalue weighted by molar-refractivity contribution is -0.115. The summed E-state index contributed by atoms with van der Waals surface area (Å²) in [5.74, 6) is -0.0273. The number of carbonyl (C=O) groups excluding carboxylic acids is 1. The van der Waals surface area contributed by atoms with E-state index >= 15 is 0 Å². The van der Waals surface area contributed by atoms with E-state index in [-0.39, 0.29) is 11.9 Å². The van der Waals surface area contributed by atoms with E-state index in [1.807, 2.05) is 0 Å². The molecular weight excluding hydrogens is 321 g/mol. The first-order valence-corrected chi connectivity index (χ1v) is 7.20. The van der Waals surface area contributed by atoms with E-state index in [1.165, 1.54) is 11.8 Å². The van der Waals surface area contributed by atoms with Crippen molar-refractivity contribution in [3.05, 3.63) is 28.2 Å². The van der Waals surface area contributed by atoms with Crippen molar-refractivity contribution >= 4 is 52.5 Å². The monoisotopic (exact) mass is 331 g/mol. The molecule has 0 saturated heterocycles. The van der Waals surface area contributed by atoms with Crippen LogP contribution in [0.15, 0.2) is 23.4 Å². The Bertz CT molecular complexity index is 633. The smallest absolute Gasteiger partial charge is 0.237 e. The van der Waals surface area contributed by atoms with Gasteiger partial charge < -0.3 is 11.1 Å². The third-order valence-electron chi connectivity index (χ3n) is 2.34. The van der Waals surface area contributed by atoms with Gasteiger partial charge in [0.25, 0.3) is 0 Å². The molecule has 2 aromatic rings. The zero-order chi connectivity index (χ0) is 14.7. The lowest BCUT2D eigenvalue weighted by Gasteiger charge is -2.11. The van der Waals surface area contributed by atoms with Gasteiger partial charge in [0, 0.05) is 0 Å². The Kier molecular flexibility index (Phi) is 4.74. The van der Waals surface area contributed by atoms with Crippen LogP contribution in [0.25, 0.3) is 0 Å². The topological polar surface area (TPSA) is 96.7 Å². The second-order valence-corrected chi connectivity index (χ2v) is 5.95. The van der Waals surface area contributed by atoms with Crippen molar-refractivity contribution in [2.75, 3.05) is 11.1 Å². The maximum absolute atomic E-state index is 12.1. The second-order valence-electron chi connectivity index (χ2n) is 3.85. The first kappa shape index (κ1) is 15.0. The molecule has 1 aromatic carbocycles. The van der Waals surface area contributed by atoms with Gasteiger partial charge in [0.1, 0.15) is 0 Å². The second kappa shape index (κ2) is 6.34. The number of hydrogen-bond donors (Lipinski definition) is 3. The summed E-state index contributed by atoms with van der Waals surface area (Å²) in [5.41, 5.74) is 5.88. The number of nitrogens with one attached hydrogen (secondary N) is 2. The van der Waals surface area contributed by atoms with Crippen molar-refractivity contribution < 1.29 is 4.79 Å². The van der Waals surface area contributed by atoms with Crippen LogP contribution < -0.4 is 11.1 Å². The maximum Gasteiger partial charge on any atom is 0.237 e. The quantitative estimate of drug-likeness (QED) is 0.748. The molecular formula is C11H11Cl2N5OS. The minimum absolute atomic E-state index is 0.206. The summed E-state index contributed by atoms with van der Waals surface area (Å²) in [7, 11) is 0. The average Bonchev–Trinajstić information content (AvgIpc) is 2.80. The summed E-state index contributed by atoms with van der Waals surface area (Å²) in [5, 5.41) is 9.74. The number of H-pyrrole nitrogens is 1. The standard InChI is InChI=1S/C11H11Cl2N5OS/c1-5(20-11-16-10(14)17-18-11)9(19)15-7-4-2-3-6(12)8(7)13/h2-5H,1H3,(H,15,19)(H3,14,16,17,18)/t5-/m0/s1. The molecule has 0 unspecified atom stereocenters. The van der Waals surface area contributed by atoms with E-state index in [1.54, 1.807) is 25.1 Å². The normalized spacial score (nSPS) is 12.2. The predicted molar refractivity (Wildman–Crippen MR) is 81.2 cm³/mol. The number of aromatic amines is 1. The van der Waals surface area contributed by atoms with Crippen molar-refractivity contribution in [2.45, 2.75) is 17.3 Å². The van der Waals surface area contributed by atoms with Crippen molar-refractivity contribution in [1.82, 2.24) is 15.2 Å². The molecule has 0 bridgehead atoms. The molecule has 0 aliphatic heterocycles. The molecule has 0 saturated carbocycles. The fourth-order valence-electron chi connectivity index (χ4n) is 1.36. The Balaban J connectivity index is 2.02. The van der Waals surface area contributed by atoms with E-state index in [9.17, 15) is 4.79 Å². The maximum atomic E-state index is 12.1. The van der Waals surface area contributed by atoms with Gasteiger partial charge in [-0.3, -0.25) is 4.79 Å². The van der Waals surface area contributed by atoms with Crippen LogP contribution in [0.4, 0.5) is 11.6 Å². The third kappa shape index (κ3) is 3.56. The highest BCUT2D eigenvalue weighted by atomic mass is 35.5. The fraction of sp³-hybridized carbons (Fsp3) is 0.182. The van der Waals surface area contributed by atoms with Crippen LogP contribution in [0.5, 0.6) is 0 Å². The van der Waals surface area contributed by atoms with Crippen molar-refractivity contribution in [3.8, 4) is 0 Å². The molecule has 4 N–H and O–H groups in total. The molecule has 106 valence electrons. The highest BCUT2D eigenvalue weighted by Crippen LogP contribution is 2.30. The van der Waals surface area contributed by atoms with Gasteiger partial charge in [0.15, 0.2) is 0 Å². The van der Waals surface area contributed by atoms with Crippen molar-refractivity contribution in [1.29, 1.82) is 0 Å². The van der Waals surface area contributed by atoms with Crippen LogP contribution in [-0.4, -0.2) is 26.3 Å². The third-order valence-corrected chi connectivity index (χ3v) is 4.12. The zero-order valence-corrected chi connectivity index (χ0v) is 12.7. The first-order chi connectivity index (χ1) is 9.47. The summed E-state index contributed by atoms with van der Waals surface area (Å²) in [6, 6.07) is 5.03. The van der Waals surface area contributed by atoms with E-state index in [0.717, 1.165) is 0 Å². The van der Waals surface area contributed by atoms with Crippen molar-refractivity contribution in [3.63, 3.8) is 0 Å². The highest BCUT2D eigenvalue weighted by Gasteiger charge is 2.18. The predicted octanol–water partition coefficient (Wildman–Crippen LogP) is 2.81. The molecule has 1 atom stereocenters. The molecule has 9 heteroatoms. The lowest BCUT2D eigenvalue weighted by atomic mass is 10.3. The molecule has 0 spiro atoms. The van der Waals surface area contributed by atoms with Crippen LogP contribution in [0.2, 0.25) is 10.0 Å². The number of nitrogens with two attached hydrogens (primary N) is 1. The Labute approximate surface area is 129 Å². The van der Waals surface area contributed by atoms with Gasteiger partial charge in [-0.2, -0.15) is 4.98 Å².